The smallest absolute Gasteiger partial charge is 0.326 e. The van der Waals surface area contributed by atoms with Crippen LogP contribution in [0, 0.1) is 0 Å². The van der Waals surface area contributed by atoms with Crippen LogP contribution < -0.4 is 21.5 Å². The highest BCUT2D eigenvalue weighted by Gasteiger charge is 2.26. The van der Waals surface area contributed by atoms with Crippen molar-refractivity contribution in [2.45, 2.75) is 26.4 Å². The average Bonchev–Trinajstić information content (AvgIpc) is 2.26. The van der Waals surface area contributed by atoms with Gasteiger partial charge in [0.1, 0.15) is 23.5 Å². The first-order valence-corrected chi connectivity index (χ1v) is 5.84. The Morgan fingerprint density at radius 1 is 1.37 bits per heavy atom. The third kappa shape index (κ3) is 3.43. The van der Waals surface area contributed by atoms with Crippen molar-refractivity contribution in [2.75, 3.05) is 23.7 Å². The number of carbonyl (C=O) groups is 1. The van der Waals surface area contributed by atoms with Gasteiger partial charge in [0.25, 0.3) is 10.9 Å². The number of carbonyl (C=O) groups excluding carboxylic acids is 1. The minimum Gasteiger partial charge on any atom is -0.459 e. The van der Waals surface area contributed by atoms with Crippen LogP contribution in [0.2, 0.25) is 0 Å². The van der Waals surface area contributed by atoms with E-state index in [1.165, 1.54) is 11.0 Å². The molecule has 0 saturated carbocycles. The van der Waals surface area contributed by atoms with Crippen molar-refractivity contribution in [3.63, 3.8) is 0 Å². The molecule has 0 heterocycles. The summed E-state index contributed by atoms with van der Waals surface area (Å²) in [7, 11) is 0. The van der Waals surface area contributed by atoms with Crippen molar-refractivity contribution in [3.05, 3.63) is 33.1 Å². The lowest BCUT2D eigenvalue weighted by Crippen LogP contribution is -2.45. The van der Waals surface area contributed by atoms with Gasteiger partial charge in [-0.2, -0.15) is 0 Å². The molecule has 0 saturated heterocycles. The van der Waals surface area contributed by atoms with E-state index in [0.717, 1.165) is 0 Å². The standard InChI is InChI=1S/C13H18N2O4/c1-5-6-15(7-8(16)19-13(2,3)4)10-9(14)11(17)12(10)18/h5H,1,6-7,14H2,2-4H3. The molecule has 0 spiro atoms. The Bertz CT molecular complexity index is 562. The molecule has 19 heavy (non-hydrogen) atoms. The summed E-state index contributed by atoms with van der Waals surface area (Å²) in [4.78, 5) is 35.6. The first-order valence-electron chi connectivity index (χ1n) is 5.84. The van der Waals surface area contributed by atoms with E-state index in [1.807, 2.05) is 0 Å². The van der Waals surface area contributed by atoms with Gasteiger partial charge in [-0.15, -0.1) is 6.58 Å². The van der Waals surface area contributed by atoms with Crippen molar-refractivity contribution in [3.8, 4) is 0 Å². The van der Waals surface area contributed by atoms with Gasteiger partial charge < -0.3 is 15.4 Å². The van der Waals surface area contributed by atoms with Gasteiger partial charge in [-0.3, -0.25) is 14.4 Å². The molecule has 0 aliphatic heterocycles. The summed E-state index contributed by atoms with van der Waals surface area (Å²) >= 11 is 0. The molecule has 0 atom stereocenters. The molecular weight excluding hydrogens is 248 g/mol. The Balaban J connectivity index is 2.86. The highest BCUT2D eigenvalue weighted by Crippen LogP contribution is 2.17. The van der Waals surface area contributed by atoms with Gasteiger partial charge in [0.15, 0.2) is 0 Å². The minimum atomic E-state index is -0.715. The number of rotatable bonds is 5. The molecule has 104 valence electrons. The largest absolute Gasteiger partial charge is 0.459 e. The maximum absolute atomic E-state index is 11.7. The molecular formula is C13H18N2O4. The predicted octanol–water partition coefficient (Wildman–Crippen LogP) is 0.199. The zero-order valence-corrected chi connectivity index (χ0v) is 11.4. The molecule has 6 nitrogen and oxygen atoms in total. The molecule has 2 N–H and O–H groups in total. The van der Waals surface area contributed by atoms with Crippen LogP contribution >= 0.6 is 0 Å². The van der Waals surface area contributed by atoms with E-state index in [-0.39, 0.29) is 24.5 Å². The molecule has 0 amide bonds. The highest BCUT2D eigenvalue weighted by atomic mass is 16.6. The Kier molecular flexibility index (Phi) is 4.14. The number of nitrogens with two attached hydrogens (primary N) is 1. The second-order valence-corrected chi connectivity index (χ2v) is 5.18. The lowest BCUT2D eigenvalue weighted by atomic mass is 10.1. The molecule has 0 fully saturated rings. The molecule has 0 unspecified atom stereocenters. The molecule has 1 rings (SSSR count). The molecule has 0 aromatic heterocycles. The van der Waals surface area contributed by atoms with Crippen LogP contribution in [0.4, 0.5) is 11.4 Å². The molecule has 1 aromatic carbocycles. The Morgan fingerprint density at radius 3 is 2.37 bits per heavy atom. The predicted molar refractivity (Wildman–Crippen MR) is 74.0 cm³/mol. The summed E-state index contributed by atoms with van der Waals surface area (Å²) in [5.41, 5.74) is 3.41. The van der Waals surface area contributed by atoms with Crippen molar-refractivity contribution < 1.29 is 9.53 Å². The van der Waals surface area contributed by atoms with Gasteiger partial charge >= 0.3 is 5.97 Å². The lowest BCUT2D eigenvalue weighted by molar-refractivity contribution is -0.152. The number of nitrogen functional groups attached to an aromatic ring is 1. The first kappa shape index (κ1) is 14.9. The van der Waals surface area contributed by atoms with E-state index in [4.69, 9.17) is 10.5 Å². The molecule has 6 heteroatoms. The van der Waals surface area contributed by atoms with Crippen molar-refractivity contribution in [1.29, 1.82) is 0 Å². The number of esters is 1. The van der Waals surface area contributed by atoms with Crippen LogP contribution in [0.5, 0.6) is 0 Å². The maximum atomic E-state index is 11.7. The quantitative estimate of drug-likeness (QED) is 0.465. The van der Waals surface area contributed by atoms with Crippen LogP contribution in [0.15, 0.2) is 22.2 Å². The van der Waals surface area contributed by atoms with Crippen LogP contribution in [-0.2, 0) is 9.53 Å². The van der Waals surface area contributed by atoms with Crippen LogP contribution in [0.25, 0.3) is 0 Å². The van der Waals surface area contributed by atoms with Gasteiger partial charge in [0.05, 0.1) is 0 Å². The second-order valence-electron chi connectivity index (χ2n) is 5.18. The lowest BCUT2D eigenvalue weighted by Gasteiger charge is -2.26. The summed E-state index contributed by atoms with van der Waals surface area (Å²) in [6, 6.07) is 0. The van der Waals surface area contributed by atoms with Crippen molar-refractivity contribution in [2.24, 2.45) is 0 Å². The third-order valence-corrected chi connectivity index (χ3v) is 2.33. The van der Waals surface area contributed by atoms with Gasteiger partial charge in [-0.25, -0.2) is 0 Å². The van der Waals surface area contributed by atoms with E-state index < -0.39 is 22.4 Å². The monoisotopic (exact) mass is 266 g/mol. The average molecular weight is 266 g/mol. The third-order valence-electron chi connectivity index (χ3n) is 2.33. The van der Waals surface area contributed by atoms with Crippen molar-refractivity contribution >= 4 is 17.3 Å². The second kappa shape index (κ2) is 5.26. The van der Waals surface area contributed by atoms with E-state index in [1.54, 1.807) is 20.8 Å². The fourth-order valence-corrected chi connectivity index (χ4v) is 1.63. The van der Waals surface area contributed by atoms with E-state index in [0.29, 0.717) is 0 Å². The molecule has 0 bridgehead atoms. The SMILES string of the molecule is C=CCN(CC(=O)OC(C)(C)C)c1c(N)c(=O)c1=O. The number of nitrogens with zero attached hydrogens (tertiary/aromatic N) is 1. The maximum Gasteiger partial charge on any atom is 0.326 e. The summed E-state index contributed by atoms with van der Waals surface area (Å²) in [5.74, 6) is -0.498. The van der Waals surface area contributed by atoms with E-state index >= 15 is 0 Å². The Labute approximate surface area is 111 Å². The summed E-state index contributed by atoms with van der Waals surface area (Å²) in [6.07, 6.45) is 1.51. The van der Waals surface area contributed by atoms with Crippen LogP contribution in [-0.4, -0.2) is 24.7 Å². The normalized spacial score (nSPS) is 11.3. The Hall–Kier alpha value is -2.11. The van der Waals surface area contributed by atoms with Crippen LogP contribution in [0.1, 0.15) is 20.8 Å². The summed E-state index contributed by atoms with van der Waals surface area (Å²) < 4.78 is 5.16. The van der Waals surface area contributed by atoms with E-state index in [9.17, 15) is 14.4 Å². The molecule has 0 aliphatic carbocycles. The topological polar surface area (TPSA) is 89.7 Å². The number of ether oxygens (including phenoxy) is 1. The van der Waals surface area contributed by atoms with Crippen molar-refractivity contribution in [1.82, 2.24) is 0 Å². The highest BCUT2D eigenvalue weighted by molar-refractivity contribution is 5.81. The molecule has 0 radical (unpaired) electrons. The Morgan fingerprint density at radius 2 is 1.95 bits per heavy atom. The van der Waals surface area contributed by atoms with Crippen LogP contribution in [0.3, 0.4) is 0 Å². The number of hydrogen-bond acceptors (Lipinski definition) is 6. The zero-order chi connectivity index (χ0) is 14.8. The summed E-state index contributed by atoms with van der Waals surface area (Å²) in [6.45, 7) is 8.85. The van der Waals surface area contributed by atoms with E-state index in [2.05, 4.69) is 6.58 Å². The fraction of sp³-hybridized carbons (Fsp3) is 0.462. The number of hydrogen-bond donors (Lipinski definition) is 1. The first-order chi connectivity index (χ1) is 8.67. The molecule has 0 aliphatic rings. The van der Waals surface area contributed by atoms with Gasteiger partial charge in [0.2, 0.25) is 0 Å². The minimum absolute atomic E-state index is 0.0655. The molecule has 1 aromatic rings. The van der Waals surface area contributed by atoms with Gasteiger partial charge in [0, 0.05) is 6.54 Å². The fourth-order valence-electron chi connectivity index (χ4n) is 1.63. The van der Waals surface area contributed by atoms with Gasteiger partial charge in [-0.05, 0) is 20.8 Å². The van der Waals surface area contributed by atoms with Gasteiger partial charge in [-0.1, -0.05) is 6.08 Å². The number of anilines is 2. The zero-order valence-electron chi connectivity index (χ0n) is 11.4. The summed E-state index contributed by atoms with van der Waals surface area (Å²) in [5, 5.41) is 0.